The summed E-state index contributed by atoms with van der Waals surface area (Å²) in [6, 6.07) is 13.8. The number of nitrogens with zero attached hydrogens (tertiary/aromatic N) is 2. The summed E-state index contributed by atoms with van der Waals surface area (Å²) in [6.07, 6.45) is 1.26. The summed E-state index contributed by atoms with van der Waals surface area (Å²) in [4.78, 5) is 23.9. The molecule has 138 valence electrons. The summed E-state index contributed by atoms with van der Waals surface area (Å²) in [5.41, 5.74) is 1.94. The molecule has 7 nitrogen and oxygen atoms in total. The minimum absolute atomic E-state index is 0.0682. The third kappa shape index (κ3) is 4.78. The Morgan fingerprint density at radius 2 is 1.78 bits per heavy atom. The van der Waals surface area contributed by atoms with Crippen molar-refractivity contribution in [2.45, 2.75) is 13.8 Å². The van der Waals surface area contributed by atoms with Gasteiger partial charge < -0.3 is 14.5 Å². The zero-order valence-corrected chi connectivity index (χ0v) is 15.0. The van der Waals surface area contributed by atoms with Gasteiger partial charge in [0.25, 0.3) is 0 Å². The molecule has 1 amide bonds. The Labute approximate surface area is 156 Å². The number of ether oxygens (including phenoxy) is 1. The van der Waals surface area contributed by atoms with Gasteiger partial charge in [0, 0.05) is 22.7 Å². The largest absolute Gasteiger partial charge is 0.485 e. The zero-order valence-electron chi connectivity index (χ0n) is 15.0. The molecule has 1 N–H and O–H groups in total. The molecule has 3 aromatic rings. The number of nitrogens with one attached hydrogen (secondary N) is 1. The Balaban J connectivity index is 1.55. The van der Waals surface area contributed by atoms with E-state index in [0.29, 0.717) is 22.9 Å². The van der Waals surface area contributed by atoms with Crippen molar-refractivity contribution in [3.8, 4) is 17.2 Å². The van der Waals surface area contributed by atoms with Crippen molar-refractivity contribution >= 4 is 17.4 Å². The van der Waals surface area contributed by atoms with Crippen LogP contribution in [0.25, 0.3) is 11.5 Å². The summed E-state index contributed by atoms with van der Waals surface area (Å²) >= 11 is 0. The van der Waals surface area contributed by atoms with E-state index in [1.54, 1.807) is 48.5 Å². The van der Waals surface area contributed by atoms with E-state index in [0.717, 1.165) is 5.56 Å². The Hall–Kier alpha value is -3.48. The van der Waals surface area contributed by atoms with E-state index in [4.69, 9.17) is 9.15 Å². The lowest BCUT2D eigenvalue weighted by molar-refractivity contribution is -0.118. The molecule has 0 aliphatic carbocycles. The molecule has 27 heavy (non-hydrogen) atoms. The second-order valence-corrected chi connectivity index (χ2v) is 6.20. The summed E-state index contributed by atoms with van der Waals surface area (Å²) in [6.45, 7) is 3.55. The molecule has 0 spiro atoms. The molecule has 0 saturated heterocycles. The molecular weight excluding hydrogens is 346 g/mol. The van der Waals surface area contributed by atoms with Gasteiger partial charge in [-0.3, -0.25) is 9.59 Å². The smallest absolute Gasteiger partial charge is 0.247 e. The molecule has 0 aliphatic heterocycles. The number of hydrogen-bond acceptors (Lipinski definition) is 6. The highest BCUT2D eigenvalue weighted by Gasteiger charge is 2.10. The van der Waals surface area contributed by atoms with Crippen LogP contribution in [0.15, 0.2) is 59.3 Å². The van der Waals surface area contributed by atoms with E-state index in [2.05, 4.69) is 15.5 Å². The number of benzene rings is 2. The van der Waals surface area contributed by atoms with Crippen LogP contribution in [0.5, 0.6) is 5.75 Å². The van der Waals surface area contributed by atoms with Gasteiger partial charge in [0.15, 0.2) is 12.4 Å². The normalized spacial score (nSPS) is 10.6. The SMILES string of the molecule is CC(C)C(=O)Nc1ccc(C(=O)COc2ccc(-c3nnco3)cc2)cc1. The molecule has 3 rings (SSSR count). The quantitative estimate of drug-likeness (QED) is 0.643. The van der Waals surface area contributed by atoms with Crippen molar-refractivity contribution < 1.29 is 18.7 Å². The van der Waals surface area contributed by atoms with Crippen LogP contribution in [-0.2, 0) is 4.79 Å². The number of amides is 1. The van der Waals surface area contributed by atoms with Crippen LogP contribution in [0, 0.1) is 5.92 Å². The average molecular weight is 365 g/mol. The molecule has 0 unspecified atom stereocenters. The van der Waals surface area contributed by atoms with Crippen molar-refractivity contribution in [1.82, 2.24) is 10.2 Å². The van der Waals surface area contributed by atoms with E-state index in [1.807, 2.05) is 13.8 Å². The second-order valence-electron chi connectivity index (χ2n) is 6.20. The Morgan fingerprint density at radius 1 is 1.07 bits per heavy atom. The first kappa shape index (κ1) is 18.3. The van der Waals surface area contributed by atoms with Crippen LogP contribution >= 0.6 is 0 Å². The number of rotatable bonds is 7. The van der Waals surface area contributed by atoms with Crippen LogP contribution in [0.4, 0.5) is 5.69 Å². The van der Waals surface area contributed by atoms with E-state index in [9.17, 15) is 9.59 Å². The van der Waals surface area contributed by atoms with Crippen molar-refractivity contribution in [2.24, 2.45) is 5.92 Å². The maximum atomic E-state index is 12.3. The highest BCUT2D eigenvalue weighted by molar-refractivity contribution is 5.98. The van der Waals surface area contributed by atoms with Crippen molar-refractivity contribution in [2.75, 3.05) is 11.9 Å². The molecular formula is C20H19N3O4. The standard InChI is InChI=1S/C20H19N3O4/c1-13(2)19(25)22-16-7-3-14(4-8-16)18(24)11-26-17-9-5-15(6-10-17)20-23-21-12-27-20/h3-10,12-13H,11H2,1-2H3,(H,22,25). The number of anilines is 1. The summed E-state index contributed by atoms with van der Waals surface area (Å²) in [5, 5.41) is 10.2. The van der Waals surface area contributed by atoms with Gasteiger partial charge in [-0.1, -0.05) is 13.8 Å². The van der Waals surface area contributed by atoms with Gasteiger partial charge in [-0.25, -0.2) is 0 Å². The molecule has 0 radical (unpaired) electrons. The average Bonchev–Trinajstić information content (AvgIpc) is 3.22. The monoisotopic (exact) mass is 365 g/mol. The van der Waals surface area contributed by atoms with Crippen LogP contribution in [0.1, 0.15) is 24.2 Å². The molecule has 0 fully saturated rings. The molecule has 1 aromatic heterocycles. The van der Waals surface area contributed by atoms with Crippen molar-refractivity contribution in [3.05, 3.63) is 60.5 Å². The fourth-order valence-electron chi connectivity index (χ4n) is 2.25. The number of Topliss-reactive ketones (excluding diaryl/α,β-unsaturated/α-hetero) is 1. The predicted octanol–water partition coefficient (Wildman–Crippen LogP) is 3.59. The van der Waals surface area contributed by atoms with Gasteiger partial charge >= 0.3 is 0 Å². The van der Waals surface area contributed by atoms with E-state index < -0.39 is 0 Å². The number of ketones is 1. The fourth-order valence-corrected chi connectivity index (χ4v) is 2.25. The first-order chi connectivity index (χ1) is 13.0. The maximum absolute atomic E-state index is 12.3. The maximum Gasteiger partial charge on any atom is 0.247 e. The number of carbonyl (C=O) groups is 2. The first-order valence-electron chi connectivity index (χ1n) is 8.46. The highest BCUT2D eigenvalue weighted by atomic mass is 16.5. The topological polar surface area (TPSA) is 94.3 Å². The lowest BCUT2D eigenvalue weighted by atomic mass is 10.1. The Kier molecular flexibility index (Phi) is 5.61. The Morgan fingerprint density at radius 3 is 2.37 bits per heavy atom. The van der Waals surface area contributed by atoms with Gasteiger partial charge in [0.2, 0.25) is 18.2 Å². The fraction of sp³-hybridized carbons (Fsp3) is 0.200. The molecule has 1 heterocycles. The van der Waals surface area contributed by atoms with Crippen molar-refractivity contribution in [3.63, 3.8) is 0 Å². The molecule has 0 saturated carbocycles. The van der Waals surface area contributed by atoms with E-state index in [1.165, 1.54) is 6.39 Å². The van der Waals surface area contributed by atoms with Gasteiger partial charge in [0.1, 0.15) is 5.75 Å². The highest BCUT2D eigenvalue weighted by Crippen LogP contribution is 2.20. The first-order valence-corrected chi connectivity index (χ1v) is 8.46. The minimum Gasteiger partial charge on any atom is -0.485 e. The molecule has 0 bridgehead atoms. The third-order valence-corrected chi connectivity index (χ3v) is 3.83. The molecule has 2 aromatic carbocycles. The van der Waals surface area contributed by atoms with Gasteiger partial charge in [0.05, 0.1) is 0 Å². The Bertz CT molecular complexity index is 901. The third-order valence-electron chi connectivity index (χ3n) is 3.83. The van der Waals surface area contributed by atoms with Crippen LogP contribution in [0.3, 0.4) is 0 Å². The van der Waals surface area contributed by atoms with Gasteiger partial charge in [-0.05, 0) is 48.5 Å². The molecule has 7 heteroatoms. The minimum atomic E-state index is -0.155. The van der Waals surface area contributed by atoms with E-state index in [-0.39, 0.29) is 24.2 Å². The molecule has 0 atom stereocenters. The van der Waals surface area contributed by atoms with E-state index >= 15 is 0 Å². The van der Waals surface area contributed by atoms with Crippen LogP contribution in [0.2, 0.25) is 0 Å². The number of carbonyl (C=O) groups excluding carboxylic acids is 2. The summed E-state index contributed by atoms with van der Waals surface area (Å²) in [5.74, 6) is 0.653. The van der Waals surface area contributed by atoms with Crippen LogP contribution < -0.4 is 10.1 Å². The number of hydrogen-bond donors (Lipinski definition) is 1. The number of aromatic nitrogens is 2. The lowest BCUT2D eigenvalue weighted by Gasteiger charge is -2.09. The second kappa shape index (κ2) is 8.27. The van der Waals surface area contributed by atoms with Crippen molar-refractivity contribution in [1.29, 1.82) is 0 Å². The summed E-state index contributed by atoms with van der Waals surface area (Å²) in [7, 11) is 0. The zero-order chi connectivity index (χ0) is 19.2. The molecule has 0 aliphatic rings. The van der Waals surface area contributed by atoms with Crippen LogP contribution in [-0.4, -0.2) is 28.5 Å². The predicted molar refractivity (Wildman–Crippen MR) is 99.5 cm³/mol. The van der Waals surface area contributed by atoms with Gasteiger partial charge in [-0.2, -0.15) is 0 Å². The van der Waals surface area contributed by atoms with Gasteiger partial charge in [-0.15, -0.1) is 10.2 Å². The summed E-state index contributed by atoms with van der Waals surface area (Å²) < 4.78 is 10.7. The lowest BCUT2D eigenvalue weighted by Crippen LogP contribution is -2.18.